The second kappa shape index (κ2) is 5.16. The van der Waals surface area contributed by atoms with Crippen LogP contribution in [-0.2, 0) is 13.0 Å². The monoisotopic (exact) mass is 254 g/mol. The quantitative estimate of drug-likeness (QED) is 0.849. The molecule has 96 valence electrons. The summed E-state index contributed by atoms with van der Waals surface area (Å²) >= 11 is 0. The number of anilines is 1. The molecule has 1 aromatic carbocycles. The molecule has 1 aliphatic rings. The molecule has 0 bridgehead atoms. The third-order valence-corrected chi connectivity index (χ3v) is 3.18. The van der Waals surface area contributed by atoms with Gasteiger partial charge >= 0.3 is 0 Å². The first-order valence-corrected chi connectivity index (χ1v) is 6.23. The number of nitrogens with zero attached hydrogens (tertiary/aromatic N) is 2. The van der Waals surface area contributed by atoms with E-state index >= 15 is 0 Å². The van der Waals surface area contributed by atoms with E-state index in [0.717, 1.165) is 25.2 Å². The molecule has 1 amide bonds. The Morgan fingerprint density at radius 3 is 3.11 bits per heavy atom. The molecule has 0 fully saturated rings. The third kappa shape index (κ3) is 2.46. The van der Waals surface area contributed by atoms with Gasteiger partial charge < -0.3 is 10.6 Å². The summed E-state index contributed by atoms with van der Waals surface area (Å²) < 4.78 is 0. The summed E-state index contributed by atoms with van der Waals surface area (Å²) in [6.45, 7) is 1.79. The highest BCUT2D eigenvalue weighted by molar-refractivity contribution is 6.03. The van der Waals surface area contributed by atoms with Crippen LogP contribution in [0.25, 0.3) is 0 Å². The van der Waals surface area contributed by atoms with E-state index in [2.05, 4.69) is 26.7 Å². The molecule has 19 heavy (non-hydrogen) atoms. The maximum absolute atomic E-state index is 12.1. The van der Waals surface area contributed by atoms with Crippen LogP contribution in [0.3, 0.4) is 0 Å². The van der Waals surface area contributed by atoms with E-state index in [1.54, 1.807) is 6.20 Å². The van der Waals surface area contributed by atoms with Gasteiger partial charge in [0.05, 0.1) is 6.20 Å². The van der Waals surface area contributed by atoms with E-state index in [-0.39, 0.29) is 5.91 Å². The number of rotatable bonds is 2. The number of amides is 1. The maximum Gasteiger partial charge on any atom is 0.275 e. The number of hydrogen-bond acceptors (Lipinski definition) is 4. The van der Waals surface area contributed by atoms with Crippen LogP contribution in [0, 0.1) is 0 Å². The van der Waals surface area contributed by atoms with Gasteiger partial charge in [-0.1, -0.05) is 12.1 Å². The van der Waals surface area contributed by atoms with Crippen LogP contribution in [0.4, 0.5) is 5.69 Å². The summed E-state index contributed by atoms with van der Waals surface area (Å²) in [5.41, 5.74) is 3.64. The molecule has 2 aromatic rings. The van der Waals surface area contributed by atoms with Gasteiger partial charge in [-0.15, -0.1) is 0 Å². The van der Waals surface area contributed by atoms with Crippen molar-refractivity contribution in [1.29, 1.82) is 0 Å². The van der Waals surface area contributed by atoms with Crippen LogP contribution in [-0.4, -0.2) is 22.4 Å². The van der Waals surface area contributed by atoms with Crippen molar-refractivity contribution in [2.45, 2.75) is 13.0 Å². The molecule has 5 nitrogen and oxygen atoms in total. The Labute approximate surface area is 111 Å². The molecule has 0 saturated carbocycles. The molecule has 0 spiro atoms. The number of carbonyl (C=O) groups is 1. The molecular formula is C14H14N4O. The highest BCUT2D eigenvalue weighted by Gasteiger charge is 2.15. The van der Waals surface area contributed by atoms with Crippen LogP contribution in [0.5, 0.6) is 0 Å². The first-order valence-electron chi connectivity index (χ1n) is 6.23. The van der Waals surface area contributed by atoms with Crippen LogP contribution in [0.2, 0.25) is 0 Å². The van der Waals surface area contributed by atoms with Gasteiger partial charge in [0.2, 0.25) is 0 Å². The summed E-state index contributed by atoms with van der Waals surface area (Å²) in [6, 6.07) is 5.97. The number of carbonyl (C=O) groups excluding carboxylic acids is 1. The number of hydrogen-bond donors (Lipinski definition) is 2. The molecule has 1 aromatic heterocycles. The highest BCUT2D eigenvalue weighted by Crippen LogP contribution is 2.23. The van der Waals surface area contributed by atoms with Gasteiger partial charge in [0.25, 0.3) is 5.91 Å². The molecule has 2 heterocycles. The predicted octanol–water partition coefficient (Wildman–Crippen LogP) is 1.37. The summed E-state index contributed by atoms with van der Waals surface area (Å²) in [5, 5.41) is 6.24. The lowest BCUT2D eigenvalue weighted by Crippen LogP contribution is -2.25. The average Bonchev–Trinajstić information content (AvgIpc) is 2.48. The lowest BCUT2D eigenvalue weighted by atomic mass is 9.99. The third-order valence-electron chi connectivity index (χ3n) is 3.18. The standard InChI is InChI=1S/C14H14N4O/c19-14(13-9-16-6-7-17-13)18-12-3-1-2-10-8-15-5-4-11(10)12/h1-3,6-7,9,15H,4-5,8H2,(H,18,19). The molecule has 0 atom stereocenters. The number of aromatic nitrogens is 2. The second-order valence-electron chi connectivity index (χ2n) is 4.41. The second-order valence-corrected chi connectivity index (χ2v) is 4.41. The van der Waals surface area contributed by atoms with Crippen molar-refractivity contribution in [2.75, 3.05) is 11.9 Å². The predicted molar refractivity (Wildman–Crippen MR) is 71.8 cm³/mol. The van der Waals surface area contributed by atoms with Crippen LogP contribution >= 0.6 is 0 Å². The summed E-state index contributed by atoms with van der Waals surface area (Å²) in [7, 11) is 0. The van der Waals surface area contributed by atoms with Crippen molar-refractivity contribution in [3.05, 3.63) is 53.6 Å². The first kappa shape index (κ1) is 11.8. The Morgan fingerprint density at radius 2 is 2.26 bits per heavy atom. The molecule has 0 unspecified atom stereocenters. The maximum atomic E-state index is 12.1. The SMILES string of the molecule is O=C(Nc1cccc2c1CCNC2)c1cnccn1. The largest absolute Gasteiger partial charge is 0.320 e. The number of nitrogens with one attached hydrogen (secondary N) is 2. The molecule has 2 N–H and O–H groups in total. The van der Waals surface area contributed by atoms with Crippen LogP contribution < -0.4 is 10.6 Å². The minimum atomic E-state index is -0.222. The molecule has 1 aliphatic heterocycles. The van der Waals surface area contributed by atoms with Crippen molar-refractivity contribution >= 4 is 11.6 Å². The van der Waals surface area contributed by atoms with Gasteiger partial charge in [-0.05, 0) is 30.2 Å². The molecule has 3 rings (SSSR count). The van der Waals surface area contributed by atoms with Crippen LogP contribution in [0.1, 0.15) is 21.6 Å². The van der Waals surface area contributed by atoms with Gasteiger partial charge in [0.15, 0.2) is 0 Å². The van der Waals surface area contributed by atoms with E-state index in [1.807, 2.05) is 12.1 Å². The molecule has 0 radical (unpaired) electrons. The Hall–Kier alpha value is -2.27. The first-order chi connectivity index (χ1) is 9.34. The lowest BCUT2D eigenvalue weighted by Gasteiger charge is -2.20. The van der Waals surface area contributed by atoms with Gasteiger partial charge in [-0.2, -0.15) is 0 Å². The minimum Gasteiger partial charge on any atom is -0.320 e. The van der Waals surface area contributed by atoms with Gasteiger partial charge in [0, 0.05) is 24.6 Å². The van der Waals surface area contributed by atoms with Crippen molar-refractivity contribution in [3.63, 3.8) is 0 Å². The molecule has 5 heteroatoms. The Kier molecular flexibility index (Phi) is 3.20. The van der Waals surface area contributed by atoms with E-state index in [1.165, 1.54) is 23.5 Å². The normalized spacial score (nSPS) is 13.7. The zero-order chi connectivity index (χ0) is 13.1. The molecule has 0 aliphatic carbocycles. The minimum absolute atomic E-state index is 0.222. The Bertz CT molecular complexity index is 598. The number of fused-ring (bicyclic) bond motifs is 1. The van der Waals surface area contributed by atoms with Gasteiger partial charge in [0.1, 0.15) is 5.69 Å². The average molecular weight is 254 g/mol. The number of benzene rings is 1. The summed E-state index contributed by atoms with van der Waals surface area (Å²) in [5.74, 6) is -0.222. The van der Waals surface area contributed by atoms with Crippen molar-refractivity contribution in [2.24, 2.45) is 0 Å². The van der Waals surface area contributed by atoms with Crippen molar-refractivity contribution in [3.8, 4) is 0 Å². The zero-order valence-electron chi connectivity index (χ0n) is 10.4. The fraction of sp³-hybridized carbons (Fsp3) is 0.214. The van der Waals surface area contributed by atoms with Gasteiger partial charge in [-0.25, -0.2) is 4.98 Å². The van der Waals surface area contributed by atoms with Crippen molar-refractivity contribution in [1.82, 2.24) is 15.3 Å². The van der Waals surface area contributed by atoms with E-state index < -0.39 is 0 Å². The molecular weight excluding hydrogens is 240 g/mol. The van der Waals surface area contributed by atoms with E-state index in [0.29, 0.717) is 5.69 Å². The van der Waals surface area contributed by atoms with E-state index in [4.69, 9.17) is 0 Å². The smallest absolute Gasteiger partial charge is 0.275 e. The fourth-order valence-corrected chi connectivity index (χ4v) is 2.25. The fourth-order valence-electron chi connectivity index (χ4n) is 2.25. The van der Waals surface area contributed by atoms with E-state index in [9.17, 15) is 4.79 Å². The Morgan fingerprint density at radius 1 is 1.32 bits per heavy atom. The topological polar surface area (TPSA) is 66.9 Å². The lowest BCUT2D eigenvalue weighted by molar-refractivity contribution is 0.102. The van der Waals surface area contributed by atoms with Gasteiger partial charge in [-0.3, -0.25) is 9.78 Å². The van der Waals surface area contributed by atoms with Crippen LogP contribution in [0.15, 0.2) is 36.8 Å². The van der Waals surface area contributed by atoms with Crippen molar-refractivity contribution < 1.29 is 4.79 Å². The summed E-state index contributed by atoms with van der Waals surface area (Å²) in [4.78, 5) is 20.0. The zero-order valence-corrected chi connectivity index (χ0v) is 10.4. The summed E-state index contributed by atoms with van der Waals surface area (Å²) in [6.07, 6.45) is 5.45. The Balaban J connectivity index is 1.86. The molecule has 0 saturated heterocycles. The highest BCUT2D eigenvalue weighted by atomic mass is 16.1.